The van der Waals surface area contributed by atoms with Gasteiger partial charge in [0.2, 0.25) is 11.8 Å². The van der Waals surface area contributed by atoms with Gasteiger partial charge >= 0.3 is 0 Å². The highest BCUT2D eigenvalue weighted by molar-refractivity contribution is 6.42. The lowest BCUT2D eigenvalue weighted by molar-refractivity contribution is -0.124. The third-order valence-corrected chi connectivity index (χ3v) is 5.66. The fourth-order valence-corrected chi connectivity index (χ4v) is 4.25. The molecule has 3 nitrogen and oxygen atoms in total. The van der Waals surface area contributed by atoms with Gasteiger partial charge in [0.15, 0.2) is 0 Å². The Morgan fingerprint density at radius 3 is 1.95 bits per heavy atom. The van der Waals surface area contributed by atoms with Crippen LogP contribution >= 0.6 is 23.2 Å². The molecule has 1 aliphatic heterocycles. The summed E-state index contributed by atoms with van der Waals surface area (Å²) in [5.41, 5.74) is 0.521. The summed E-state index contributed by atoms with van der Waals surface area (Å²) in [7, 11) is 0. The summed E-state index contributed by atoms with van der Waals surface area (Å²) in [4.78, 5) is 26.8. The molecule has 2 amide bonds. The van der Waals surface area contributed by atoms with E-state index in [1.54, 1.807) is 18.2 Å². The number of carbonyl (C=O) groups excluding carboxylic acids is 2. The summed E-state index contributed by atoms with van der Waals surface area (Å²) in [6, 6.07) is 4.89. The molecule has 1 saturated carbocycles. The molecule has 2 bridgehead atoms. The fourth-order valence-electron chi connectivity index (χ4n) is 3.95. The SMILES string of the molecule is O=C1[C@@H]2C3C=CC(CC3)[C@@H]2C(=O)N1c1ccc(Cl)c(Cl)c1. The Hall–Kier alpha value is -1.32. The Labute approximate surface area is 132 Å². The highest BCUT2D eigenvalue weighted by atomic mass is 35.5. The van der Waals surface area contributed by atoms with Gasteiger partial charge in [-0.15, -0.1) is 0 Å². The third-order valence-electron chi connectivity index (χ3n) is 4.92. The zero-order chi connectivity index (χ0) is 14.7. The Morgan fingerprint density at radius 2 is 1.48 bits per heavy atom. The lowest BCUT2D eigenvalue weighted by Gasteiger charge is -2.38. The molecular formula is C16H13Cl2NO2. The first-order valence-electron chi connectivity index (χ1n) is 7.09. The molecule has 3 aliphatic carbocycles. The van der Waals surface area contributed by atoms with E-state index >= 15 is 0 Å². The van der Waals surface area contributed by atoms with Crippen LogP contribution in [0.25, 0.3) is 0 Å². The van der Waals surface area contributed by atoms with Crippen LogP contribution in [0.1, 0.15) is 12.8 Å². The van der Waals surface area contributed by atoms with Crippen LogP contribution in [0.15, 0.2) is 30.4 Å². The van der Waals surface area contributed by atoms with Crippen LogP contribution in [0, 0.1) is 23.7 Å². The van der Waals surface area contributed by atoms with Gasteiger partial charge in [0.25, 0.3) is 0 Å². The minimum absolute atomic E-state index is 0.0950. The molecule has 1 saturated heterocycles. The van der Waals surface area contributed by atoms with Crippen LogP contribution < -0.4 is 4.90 Å². The maximum atomic E-state index is 12.7. The smallest absolute Gasteiger partial charge is 0.238 e. The molecule has 21 heavy (non-hydrogen) atoms. The average molecular weight is 322 g/mol. The van der Waals surface area contributed by atoms with Crippen molar-refractivity contribution < 1.29 is 9.59 Å². The first-order chi connectivity index (χ1) is 10.1. The molecule has 5 heteroatoms. The lowest BCUT2D eigenvalue weighted by Crippen LogP contribution is -2.38. The Balaban J connectivity index is 1.76. The van der Waals surface area contributed by atoms with E-state index in [0.29, 0.717) is 15.7 Å². The van der Waals surface area contributed by atoms with Gasteiger partial charge in [-0.2, -0.15) is 0 Å². The van der Waals surface area contributed by atoms with E-state index in [1.807, 2.05) is 0 Å². The van der Waals surface area contributed by atoms with Crippen LogP contribution in [0.2, 0.25) is 10.0 Å². The van der Waals surface area contributed by atoms with Crippen molar-refractivity contribution in [3.8, 4) is 0 Å². The van der Waals surface area contributed by atoms with Crippen molar-refractivity contribution >= 4 is 40.7 Å². The van der Waals surface area contributed by atoms with Gasteiger partial charge in [0, 0.05) is 0 Å². The molecule has 4 atom stereocenters. The second-order valence-corrected chi connectivity index (χ2v) is 6.77. The van der Waals surface area contributed by atoms with Gasteiger partial charge in [-0.05, 0) is 42.9 Å². The largest absolute Gasteiger partial charge is 0.274 e. The van der Waals surface area contributed by atoms with E-state index in [0.717, 1.165) is 12.8 Å². The molecule has 0 aromatic heterocycles. The van der Waals surface area contributed by atoms with Crippen LogP contribution in [0.3, 0.4) is 0 Å². The van der Waals surface area contributed by atoms with Crippen molar-refractivity contribution in [3.05, 3.63) is 40.4 Å². The number of rotatable bonds is 1. The molecular weight excluding hydrogens is 309 g/mol. The zero-order valence-electron chi connectivity index (χ0n) is 11.1. The van der Waals surface area contributed by atoms with Crippen LogP contribution in [0.4, 0.5) is 5.69 Å². The number of halogens is 2. The van der Waals surface area contributed by atoms with Crippen molar-refractivity contribution in [2.75, 3.05) is 4.90 Å². The highest BCUT2D eigenvalue weighted by Crippen LogP contribution is 2.50. The maximum Gasteiger partial charge on any atom is 0.238 e. The van der Waals surface area contributed by atoms with E-state index in [9.17, 15) is 9.59 Å². The number of allylic oxidation sites excluding steroid dienone is 2. The number of carbonyl (C=O) groups is 2. The molecule has 1 aromatic carbocycles. The van der Waals surface area contributed by atoms with E-state index in [2.05, 4.69) is 12.2 Å². The third kappa shape index (κ3) is 1.80. The van der Waals surface area contributed by atoms with Crippen molar-refractivity contribution in [1.82, 2.24) is 0 Å². The van der Waals surface area contributed by atoms with Crippen molar-refractivity contribution in [3.63, 3.8) is 0 Å². The van der Waals surface area contributed by atoms with Gasteiger partial charge < -0.3 is 0 Å². The molecule has 0 N–H and O–H groups in total. The molecule has 2 fully saturated rings. The topological polar surface area (TPSA) is 37.4 Å². The number of imide groups is 1. The molecule has 1 heterocycles. The summed E-state index contributed by atoms with van der Waals surface area (Å²) in [5.74, 6) is -0.190. The summed E-state index contributed by atoms with van der Waals surface area (Å²) in [5, 5.41) is 0.768. The van der Waals surface area contributed by atoms with Gasteiger partial charge in [0.1, 0.15) is 0 Å². The molecule has 5 rings (SSSR count). The second kappa shape index (κ2) is 4.59. The summed E-state index contributed by atoms with van der Waals surface area (Å²) in [6.45, 7) is 0. The number of fused-ring (bicyclic) bond motifs is 1. The summed E-state index contributed by atoms with van der Waals surface area (Å²) < 4.78 is 0. The van der Waals surface area contributed by atoms with E-state index in [1.165, 1.54) is 4.90 Å². The number of benzene rings is 1. The highest BCUT2D eigenvalue weighted by Gasteiger charge is 2.56. The lowest BCUT2D eigenvalue weighted by atomic mass is 9.63. The number of anilines is 1. The first-order valence-corrected chi connectivity index (χ1v) is 7.84. The summed E-state index contributed by atoms with van der Waals surface area (Å²) >= 11 is 11.9. The van der Waals surface area contributed by atoms with Crippen molar-refractivity contribution in [2.45, 2.75) is 12.8 Å². The van der Waals surface area contributed by atoms with Crippen LogP contribution in [-0.2, 0) is 9.59 Å². The molecule has 0 spiro atoms. The first kappa shape index (κ1) is 13.4. The quantitative estimate of drug-likeness (QED) is 0.584. The molecule has 0 radical (unpaired) electrons. The molecule has 108 valence electrons. The fraction of sp³-hybridized carbons (Fsp3) is 0.375. The summed E-state index contributed by atoms with van der Waals surface area (Å²) in [6.07, 6.45) is 6.21. The Morgan fingerprint density at radius 1 is 0.905 bits per heavy atom. The number of amides is 2. The van der Waals surface area contributed by atoms with Crippen LogP contribution in [0.5, 0.6) is 0 Å². The Kier molecular flexibility index (Phi) is 2.92. The molecule has 2 unspecified atom stereocenters. The van der Waals surface area contributed by atoms with Gasteiger partial charge in [-0.3, -0.25) is 9.59 Å². The minimum atomic E-state index is -0.198. The normalized spacial score (nSPS) is 33.7. The minimum Gasteiger partial charge on any atom is -0.274 e. The molecule has 1 aromatic rings. The standard InChI is InChI=1S/C16H13Cl2NO2/c17-11-6-5-10(7-12(11)18)19-15(20)13-8-1-2-9(4-3-8)14(13)16(19)21/h1-2,5-9,13-14H,3-4H2/t8?,9?,13-,14+. The molecule has 4 aliphatic rings. The zero-order valence-corrected chi connectivity index (χ0v) is 12.6. The number of hydrogen-bond donors (Lipinski definition) is 0. The van der Waals surface area contributed by atoms with Crippen molar-refractivity contribution in [1.29, 1.82) is 0 Å². The number of nitrogens with zero attached hydrogens (tertiary/aromatic N) is 1. The van der Waals surface area contributed by atoms with Gasteiger partial charge in [-0.1, -0.05) is 35.4 Å². The van der Waals surface area contributed by atoms with Gasteiger partial charge in [-0.25, -0.2) is 4.90 Å². The Bertz CT molecular complexity index is 653. The monoisotopic (exact) mass is 321 g/mol. The van der Waals surface area contributed by atoms with Crippen LogP contribution in [-0.4, -0.2) is 11.8 Å². The van der Waals surface area contributed by atoms with Gasteiger partial charge in [0.05, 0.1) is 27.6 Å². The maximum absolute atomic E-state index is 12.7. The average Bonchev–Trinajstić information content (AvgIpc) is 2.78. The van der Waals surface area contributed by atoms with E-state index < -0.39 is 0 Å². The second-order valence-electron chi connectivity index (χ2n) is 5.95. The predicted molar refractivity (Wildman–Crippen MR) is 81.3 cm³/mol. The van der Waals surface area contributed by atoms with E-state index in [4.69, 9.17) is 23.2 Å². The predicted octanol–water partition coefficient (Wildman–Crippen LogP) is 3.70. The van der Waals surface area contributed by atoms with Crippen molar-refractivity contribution in [2.24, 2.45) is 23.7 Å². The van der Waals surface area contributed by atoms with E-state index in [-0.39, 0.29) is 35.5 Å². The number of hydrogen-bond acceptors (Lipinski definition) is 2.